The quantitative estimate of drug-likeness (QED) is 0.691. The summed E-state index contributed by atoms with van der Waals surface area (Å²) in [6, 6.07) is 12.7. The summed E-state index contributed by atoms with van der Waals surface area (Å²) >= 11 is 1.60. The highest BCUT2D eigenvalue weighted by molar-refractivity contribution is 7.93. The van der Waals surface area contributed by atoms with E-state index in [0.717, 1.165) is 15.8 Å². The second-order valence-electron chi connectivity index (χ2n) is 6.42. The minimum atomic E-state index is -3.71. The van der Waals surface area contributed by atoms with E-state index in [1.54, 1.807) is 41.5 Å². The van der Waals surface area contributed by atoms with Crippen molar-refractivity contribution >= 4 is 43.7 Å². The Labute approximate surface area is 156 Å². The first-order chi connectivity index (χ1) is 12.4. The third kappa shape index (κ3) is 2.59. The maximum absolute atomic E-state index is 13.0. The van der Waals surface area contributed by atoms with Gasteiger partial charge in [0.15, 0.2) is 0 Å². The van der Waals surface area contributed by atoms with Crippen LogP contribution in [0.1, 0.15) is 10.4 Å². The van der Waals surface area contributed by atoms with Crippen molar-refractivity contribution in [1.82, 2.24) is 4.90 Å². The normalized spacial score (nSPS) is 14.8. The van der Waals surface area contributed by atoms with E-state index < -0.39 is 10.0 Å². The highest BCUT2D eigenvalue weighted by Crippen LogP contribution is 2.41. The molecule has 1 aromatic heterocycles. The van der Waals surface area contributed by atoms with E-state index in [0.29, 0.717) is 17.6 Å². The number of hydrogen-bond donors (Lipinski definition) is 0. The summed E-state index contributed by atoms with van der Waals surface area (Å²) in [5.41, 5.74) is 1.72. The molecule has 1 aliphatic heterocycles. The van der Waals surface area contributed by atoms with Crippen molar-refractivity contribution in [3.63, 3.8) is 0 Å². The van der Waals surface area contributed by atoms with Crippen molar-refractivity contribution in [2.75, 3.05) is 17.9 Å². The molecule has 0 aliphatic carbocycles. The van der Waals surface area contributed by atoms with Gasteiger partial charge in [-0.3, -0.25) is 9.10 Å². The van der Waals surface area contributed by atoms with Gasteiger partial charge >= 0.3 is 0 Å². The monoisotopic (exact) mass is 386 g/mol. The summed E-state index contributed by atoms with van der Waals surface area (Å²) in [6.07, 6.45) is 0. The molecule has 3 aromatic rings. The number of carbonyl (C=O) groups excluding carboxylic acids is 1. The minimum Gasteiger partial charge on any atom is -0.339 e. The highest BCUT2D eigenvalue weighted by Gasteiger charge is 2.37. The van der Waals surface area contributed by atoms with Crippen molar-refractivity contribution < 1.29 is 13.2 Å². The molecule has 134 valence electrons. The van der Waals surface area contributed by atoms with Gasteiger partial charge in [0, 0.05) is 17.3 Å². The standard InChI is InChI=1S/C19H18N2O3S2/c1-13-9-10-25-16(13)11-20(2)18(22)12-21-15-7-3-5-14-6-4-8-17(19(14)15)26(21,23)24/h3-10H,11-12H2,1-2H3. The number of likely N-dealkylation sites (N-methyl/N-ethyl adjacent to an activating group) is 1. The first-order valence-electron chi connectivity index (χ1n) is 8.21. The number of nitrogens with zero attached hydrogens (tertiary/aromatic N) is 2. The van der Waals surface area contributed by atoms with E-state index in [4.69, 9.17) is 0 Å². The van der Waals surface area contributed by atoms with Crippen molar-refractivity contribution in [3.8, 4) is 0 Å². The van der Waals surface area contributed by atoms with Gasteiger partial charge in [-0.2, -0.15) is 0 Å². The Kier molecular flexibility index (Phi) is 4.00. The van der Waals surface area contributed by atoms with Gasteiger partial charge in [0.25, 0.3) is 10.0 Å². The molecule has 0 atom stereocenters. The molecule has 0 saturated heterocycles. The van der Waals surface area contributed by atoms with Crippen LogP contribution in [0.5, 0.6) is 0 Å². The third-order valence-electron chi connectivity index (χ3n) is 4.73. The fraction of sp³-hybridized carbons (Fsp3) is 0.211. The number of rotatable bonds is 4. The second kappa shape index (κ2) is 6.10. The molecule has 1 aliphatic rings. The van der Waals surface area contributed by atoms with Crippen LogP contribution in [0.2, 0.25) is 0 Å². The molecule has 0 saturated carbocycles. The molecule has 0 bridgehead atoms. The maximum atomic E-state index is 13.0. The molecular formula is C19H18N2O3S2. The average Bonchev–Trinajstić information content (AvgIpc) is 3.11. The Morgan fingerprint density at radius 2 is 1.88 bits per heavy atom. The van der Waals surface area contributed by atoms with Crippen LogP contribution in [0, 0.1) is 6.92 Å². The van der Waals surface area contributed by atoms with E-state index in [1.807, 2.05) is 36.6 Å². The molecule has 0 fully saturated rings. The smallest absolute Gasteiger partial charge is 0.265 e. The molecule has 7 heteroatoms. The maximum Gasteiger partial charge on any atom is 0.265 e. The molecule has 0 unspecified atom stereocenters. The summed E-state index contributed by atoms with van der Waals surface area (Å²) in [4.78, 5) is 15.7. The van der Waals surface area contributed by atoms with Crippen LogP contribution in [-0.4, -0.2) is 32.8 Å². The van der Waals surface area contributed by atoms with Gasteiger partial charge in [0.05, 0.1) is 17.1 Å². The average molecular weight is 386 g/mol. The molecule has 0 spiro atoms. The number of thiophene rings is 1. The molecule has 2 aromatic carbocycles. The second-order valence-corrected chi connectivity index (χ2v) is 9.25. The first-order valence-corrected chi connectivity index (χ1v) is 10.5. The molecule has 5 nitrogen and oxygen atoms in total. The molecule has 1 amide bonds. The zero-order valence-electron chi connectivity index (χ0n) is 14.5. The van der Waals surface area contributed by atoms with Gasteiger partial charge in [0.2, 0.25) is 5.91 Å². The Bertz CT molecular complexity index is 1110. The van der Waals surface area contributed by atoms with Gasteiger partial charge in [-0.05, 0) is 41.5 Å². The van der Waals surface area contributed by atoms with Gasteiger partial charge in [-0.25, -0.2) is 8.42 Å². The number of aryl methyl sites for hydroxylation is 1. The molecule has 2 heterocycles. The summed E-state index contributed by atoms with van der Waals surface area (Å²) in [5, 5.41) is 3.55. The van der Waals surface area contributed by atoms with Crippen molar-refractivity contribution in [1.29, 1.82) is 0 Å². The van der Waals surface area contributed by atoms with Gasteiger partial charge < -0.3 is 4.90 Å². The molecule has 26 heavy (non-hydrogen) atoms. The lowest BCUT2D eigenvalue weighted by molar-refractivity contribution is -0.128. The lowest BCUT2D eigenvalue weighted by Crippen LogP contribution is -2.39. The lowest BCUT2D eigenvalue weighted by atomic mass is 10.1. The number of amides is 1. The number of benzene rings is 2. The van der Waals surface area contributed by atoms with Gasteiger partial charge in [0.1, 0.15) is 6.54 Å². The SMILES string of the molecule is Cc1ccsc1CN(C)C(=O)CN1c2cccc3cccc(c23)S1(=O)=O. The molecular weight excluding hydrogens is 368 g/mol. The van der Waals surface area contributed by atoms with Crippen molar-refractivity contribution in [2.24, 2.45) is 0 Å². The summed E-state index contributed by atoms with van der Waals surface area (Å²) < 4.78 is 27.1. The number of sulfonamides is 1. The van der Waals surface area contributed by atoms with Crippen LogP contribution in [-0.2, 0) is 21.4 Å². The van der Waals surface area contributed by atoms with Crippen molar-refractivity contribution in [3.05, 3.63) is 58.3 Å². The first kappa shape index (κ1) is 17.1. The Morgan fingerprint density at radius 3 is 2.58 bits per heavy atom. The van der Waals surface area contributed by atoms with Crippen LogP contribution in [0.25, 0.3) is 10.8 Å². The zero-order valence-corrected chi connectivity index (χ0v) is 16.1. The van der Waals surface area contributed by atoms with Gasteiger partial charge in [-0.1, -0.05) is 24.3 Å². The van der Waals surface area contributed by atoms with Crippen LogP contribution >= 0.6 is 11.3 Å². The van der Waals surface area contributed by atoms with Crippen LogP contribution in [0.4, 0.5) is 5.69 Å². The Morgan fingerprint density at radius 1 is 1.15 bits per heavy atom. The number of hydrogen-bond acceptors (Lipinski definition) is 4. The van der Waals surface area contributed by atoms with Crippen LogP contribution in [0.15, 0.2) is 52.7 Å². The Balaban J connectivity index is 1.64. The van der Waals surface area contributed by atoms with E-state index in [1.165, 1.54) is 4.31 Å². The van der Waals surface area contributed by atoms with E-state index in [-0.39, 0.29) is 17.3 Å². The number of anilines is 1. The topological polar surface area (TPSA) is 57.7 Å². The van der Waals surface area contributed by atoms with E-state index >= 15 is 0 Å². The van der Waals surface area contributed by atoms with E-state index in [9.17, 15) is 13.2 Å². The lowest BCUT2D eigenvalue weighted by Gasteiger charge is -2.23. The van der Waals surface area contributed by atoms with Crippen LogP contribution < -0.4 is 4.31 Å². The fourth-order valence-electron chi connectivity index (χ4n) is 3.24. The third-order valence-corrected chi connectivity index (χ3v) is 7.54. The van der Waals surface area contributed by atoms with E-state index in [2.05, 4.69) is 0 Å². The Hall–Kier alpha value is -2.38. The van der Waals surface area contributed by atoms with Crippen molar-refractivity contribution in [2.45, 2.75) is 18.4 Å². The summed E-state index contributed by atoms with van der Waals surface area (Å²) in [6.45, 7) is 2.29. The largest absolute Gasteiger partial charge is 0.339 e. The van der Waals surface area contributed by atoms with Crippen LogP contribution in [0.3, 0.4) is 0 Å². The highest BCUT2D eigenvalue weighted by atomic mass is 32.2. The minimum absolute atomic E-state index is 0.197. The fourth-order valence-corrected chi connectivity index (χ4v) is 5.86. The summed E-state index contributed by atoms with van der Waals surface area (Å²) in [5.74, 6) is -0.230. The number of carbonyl (C=O) groups is 1. The van der Waals surface area contributed by atoms with Gasteiger partial charge in [-0.15, -0.1) is 11.3 Å². The molecule has 4 rings (SSSR count). The molecule has 0 N–H and O–H groups in total. The summed E-state index contributed by atoms with van der Waals surface area (Å²) in [7, 11) is -2.00. The predicted octanol–water partition coefficient (Wildman–Crippen LogP) is 3.38. The zero-order chi connectivity index (χ0) is 18.5. The predicted molar refractivity (Wildman–Crippen MR) is 104 cm³/mol. The molecule has 0 radical (unpaired) electrons.